The van der Waals surface area contributed by atoms with Crippen LogP contribution in [-0.4, -0.2) is 26.9 Å². The first-order valence-corrected chi connectivity index (χ1v) is 7.40. The molecule has 0 aliphatic rings. The Bertz CT molecular complexity index is 1020. The van der Waals surface area contributed by atoms with Crippen molar-refractivity contribution in [2.24, 2.45) is 0 Å². The molecule has 4 aromatic rings. The fraction of sp³-hybridized carbons (Fsp3) is 0.188. The molecular weight excluding hydrogens is 335 g/mol. The van der Waals surface area contributed by atoms with E-state index in [0.29, 0.717) is 22.6 Å². The average Bonchev–Trinajstić information content (AvgIpc) is 3.16. The molecule has 0 radical (unpaired) electrons. The lowest BCUT2D eigenvalue weighted by molar-refractivity contribution is -0.146. The first-order valence-electron chi connectivity index (χ1n) is 7.40. The van der Waals surface area contributed by atoms with Gasteiger partial charge >= 0.3 is 6.18 Å². The summed E-state index contributed by atoms with van der Waals surface area (Å²) in [5, 5.41) is 11.6. The van der Waals surface area contributed by atoms with Crippen LogP contribution in [-0.2, 0) is 12.7 Å². The molecule has 25 heavy (non-hydrogen) atoms. The van der Waals surface area contributed by atoms with E-state index >= 15 is 0 Å². The SMILES string of the molecule is CN(Cc1cc2ccccc2o1)c1ccc2nnc(C(F)(F)F)n2n1. The zero-order valence-electron chi connectivity index (χ0n) is 13.0. The maximum atomic E-state index is 13.0. The standard InChI is InChI=1S/C16H12F3N5O/c1-23(9-11-8-10-4-2-3-5-12(10)25-11)14-7-6-13-20-21-15(16(17,18)19)24(13)22-14/h2-8H,9H2,1H3. The maximum absolute atomic E-state index is 13.0. The number of furan rings is 1. The Morgan fingerprint density at radius 2 is 1.92 bits per heavy atom. The van der Waals surface area contributed by atoms with Crippen molar-refractivity contribution in [3.63, 3.8) is 0 Å². The molecule has 0 aliphatic heterocycles. The van der Waals surface area contributed by atoms with Crippen molar-refractivity contribution in [3.05, 3.63) is 54.0 Å². The van der Waals surface area contributed by atoms with E-state index in [1.54, 1.807) is 18.0 Å². The summed E-state index contributed by atoms with van der Waals surface area (Å²) in [5.74, 6) is -0.120. The minimum absolute atomic E-state index is 0.0354. The summed E-state index contributed by atoms with van der Waals surface area (Å²) < 4.78 is 45.3. The Balaban J connectivity index is 1.66. The lowest BCUT2D eigenvalue weighted by Crippen LogP contribution is -2.19. The number of fused-ring (bicyclic) bond motifs is 2. The van der Waals surface area contributed by atoms with Gasteiger partial charge in [-0.05, 0) is 24.3 Å². The molecule has 128 valence electrons. The van der Waals surface area contributed by atoms with Crippen LogP contribution >= 0.6 is 0 Å². The van der Waals surface area contributed by atoms with Crippen LogP contribution in [0.3, 0.4) is 0 Å². The van der Waals surface area contributed by atoms with Gasteiger partial charge in [-0.2, -0.15) is 17.7 Å². The van der Waals surface area contributed by atoms with Crippen LogP contribution in [0.1, 0.15) is 11.6 Å². The minimum Gasteiger partial charge on any atom is -0.459 e. The highest BCUT2D eigenvalue weighted by Crippen LogP contribution is 2.28. The van der Waals surface area contributed by atoms with Gasteiger partial charge in [-0.25, -0.2) is 0 Å². The number of halogens is 3. The number of aromatic nitrogens is 4. The monoisotopic (exact) mass is 347 g/mol. The lowest BCUT2D eigenvalue weighted by Gasteiger charge is -2.16. The molecule has 1 aromatic carbocycles. The molecule has 0 N–H and O–H groups in total. The number of anilines is 1. The summed E-state index contributed by atoms with van der Waals surface area (Å²) in [7, 11) is 1.72. The zero-order valence-corrected chi connectivity index (χ0v) is 13.0. The lowest BCUT2D eigenvalue weighted by atomic mass is 10.2. The van der Waals surface area contributed by atoms with Crippen molar-refractivity contribution in [2.75, 3.05) is 11.9 Å². The van der Waals surface area contributed by atoms with Crippen LogP contribution < -0.4 is 4.90 Å². The first kappa shape index (κ1) is 15.4. The van der Waals surface area contributed by atoms with Crippen LogP contribution in [0.2, 0.25) is 0 Å². The Hall–Kier alpha value is -3.10. The molecular formula is C16H12F3N5O. The van der Waals surface area contributed by atoms with E-state index in [2.05, 4.69) is 15.3 Å². The van der Waals surface area contributed by atoms with Crippen molar-refractivity contribution in [2.45, 2.75) is 12.7 Å². The number of nitrogens with zero attached hydrogens (tertiary/aromatic N) is 5. The summed E-state index contributed by atoms with van der Waals surface area (Å²) in [6.07, 6.45) is -4.62. The molecule has 6 nitrogen and oxygen atoms in total. The number of para-hydroxylation sites is 1. The van der Waals surface area contributed by atoms with Gasteiger partial charge < -0.3 is 9.32 Å². The second kappa shape index (κ2) is 5.47. The highest BCUT2D eigenvalue weighted by molar-refractivity contribution is 5.77. The van der Waals surface area contributed by atoms with Gasteiger partial charge in [-0.1, -0.05) is 18.2 Å². The quantitative estimate of drug-likeness (QED) is 0.567. The van der Waals surface area contributed by atoms with Crippen LogP contribution in [0.25, 0.3) is 16.6 Å². The van der Waals surface area contributed by atoms with Crippen LogP contribution in [0.4, 0.5) is 19.0 Å². The molecule has 0 amide bonds. The van der Waals surface area contributed by atoms with E-state index in [1.165, 1.54) is 6.07 Å². The number of hydrogen-bond donors (Lipinski definition) is 0. The van der Waals surface area contributed by atoms with E-state index in [-0.39, 0.29) is 5.65 Å². The van der Waals surface area contributed by atoms with Crippen LogP contribution in [0.15, 0.2) is 46.9 Å². The number of rotatable bonds is 3. The third kappa shape index (κ3) is 2.77. The van der Waals surface area contributed by atoms with Gasteiger partial charge in [0.1, 0.15) is 17.2 Å². The van der Waals surface area contributed by atoms with Gasteiger partial charge in [0.05, 0.1) is 6.54 Å². The first-order chi connectivity index (χ1) is 11.9. The molecule has 0 fully saturated rings. The molecule has 0 unspecified atom stereocenters. The number of benzene rings is 1. The minimum atomic E-state index is -4.62. The Kier molecular flexibility index (Phi) is 3.38. The van der Waals surface area contributed by atoms with Gasteiger partial charge in [0, 0.05) is 12.4 Å². The highest BCUT2D eigenvalue weighted by atomic mass is 19.4. The topological polar surface area (TPSA) is 59.5 Å². The molecule has 9 heteroatoms. The average molecular weight is 347 g/mol. The Morgan fingerprint density at radius 1 is 1.12 bits per heavy atom. The largest absolute Gasteiger partial charge is 0.459 e. The molecule has 0 saturated heterocycles. The molecule has 4 rings (SSSR count). The molecule has 0 atom stereocenters. The predicted octanol–water partition coefficient (Wildman–Crippen LogP) is 3.53. The van der Waals surface area contributed by atoms with E-state index < -0.39 is 12.0 Å². The highest BCUT2D eigenvalue weighted by Gasteiger charge is 2.37. The van der Waals surface area contributed by atoms with Gasteiger partial charge in [0.25, 0.3) is 5.82 Å². The second-order valence-corrected chi connectivity index (χ2v) is 5.59. The van der Waals surface area contributed by atoms with Gasteiger partial charge in [0.2, 0.25) is 0 Å². The van der Waals surface area contributed by atoms with Crippen molar-refractivity contribution in [1.29, 1.82) is 0 Å². The third-order valence-electron chi connectivity index (χ3n) is 3.76. The number of alkyl halides is 3. The van der Waals surface area contributed by atoms with Crippen LogP contribution in [0.5, 0.6) is 0 Å². The molecule has 0 bridgehead atoms. The molecule has 3 heterocycles. The van der Waals surface area contributed by atoms with E-state index in [0.717, 1.165) is 11.0 Å². The van der Waals surface area contributed by atoms with Gasteiger partial charge in [-0.15, -0.1) is 15.3 Å². The van der Waals surface area contributed by atoms with E-state index in [4.69, 9.17) is 4.42 Å². The van der Waals surface area contributed by atoms with Crippen molar-refractivity contribution >= 4 is 22.4 Å². The summed E-state index contributed by atoms with van der Waals surface area (Å²) >= 11 is 0. The zero-order chi connectivity index (χ0) is 17.6. The Labute approximate surface area is 139 Å². The van der Waals surface area contributed by atoms with Crippen LogP contribution in [0, 0.1) is 0 Å². The van der Waals surface area contributed by atoms with Gasteiger partial charge in [0.15, 0.2) is 5.65 Å². The van der Waals surface area contributed by atoms with E-state index in [9.17, 15) is 13.2 Å². The fourth-order valence-electron chi connectivity index (χ4n) is 2.59. The van der Waals surface area contributed by atoms with E-state index in [1.807, 2.05) is 30.3 Å². The normalized spacial score (nSPS) is 12.2. The maximum Gasteiger partial charge on any atom is 0.453 e. The molecule has 0 aliphatic carbocycles. The molecule has 3 aromatic heterocycles. The Morgan fingerprint density at radius 3 is 2.68 bits per heavy atom. The van der Waals surface area contributed by atoms with Gasteiger partial charge in [-0.3, -0.25) is 0 Å². The summed E-state index contributed by atoms with van der Waals surface area (Å²) in [5.41, 5.74) is 0.792. The predicted molar refractivity (Wildman–Crippen MR) is 84.1 cm³/mol. The number of hydrogen-bond acceptors (Lipinski definition) is 5. The van der Waals surface area contributed by atoms with Crippen molar-refractivity contribution in [3.8, 4) is 0 Å². The molecule has 0 spiro atoms. The molecule has 0 saturated carbocycles. The smallest absolute Gasteiger partial charge is 0.453 e. The summed E-state index contributed by atoms with van der Waals surface area (Å²) in [4.78, 5) is 1.69. The summed E-state index contributed by atoms with van der Waals surface area (Å²) in [6, 6.07) is 12.5. The second-order valence-electron chi connectivity index (χ2n) is 5.59. The summed E-state index contributed by atoms with van der Waals surface area (Å²) in [6.45, 7) is 0.358. The van der Waals surface area contributed by atoms with Crippen molar-refractivity contribution in [1.82, 2.24) is 19.8 Å². The van der Waals surface area contributed by atoms with Crippen molar-refractivity contribution < 1.29 is 17.6 Å². The third-order valence-corrected chi connectivity index (χ3v) is 3.76. The fourth-order valence-corrected chi connectivity index (χ4v) is 2.59.